The molecule has 0 aliphatic rings. The van der Waals surface area contributed by atoms with Crippen molar-refractivity contribution in [2.45, 2.75) is 37.8 Å². The summed E-state index contributed by atoms with van der Waals surface area (Å²) in [7, 11) is -3.56. The third-order valence-corrected chi connectivity index (χ3v) is 5.44. The van der Waals surface area contributed by atoms with Crippen LogP contribution in [0.25, 0.3) is 5.69 Å². The van der Waals surface area contributed by atoms with E-state index in [1.165, 1.54) is 6.92 Å². The molecule has 23 heavy (non-hydrogen) atoms. The van der Waals surface area contributed by atoms with E-state index in [1.54, 1.807) is 49.0 Å². The molecule has 0 saturated carbocycles. The number of hydrogen-bond donors (Lipinski definition) is 1. The molecule has 6 nitrogen and oxygen atoms in total. The van der Waals surface area contributed by atoms with Gasteiger partial charge in [-0.1, -0.05) is 12.1 Å². The minimum atomic E-state index is -3.56. The number of amides is 1. The van der Waals surface area contributed by atoms with Crippen LogP contribution >= 0.6 is 0 Å². The van der Waals surface area contributed by atoms with Gasteiger partial charge in [0, 0.05) is 18.4 Å². The maximum atomic E-state index is 12.4. The molecule has 7 heteroatoms. The van der Waals surface area contributed by atoms with E-state index in [0.717, 1.165) is 5.69 Å². The van der Waals surface area contributed by atoms with Crippen molar-refractivity contribution >= 4 is 15.7 Å². The molecule has 1 aromatic carbocycles. The zero-order chi connectivity index (χ0) is 17.0. The Kier molecular flexibility index (Phi) is 5.20. The fraction of sp³-hybridized carbons (Fsp3) is 0.375. The summed E-state index contributed by atoms with van der Waals surface area (Å²) in [5.41, 5.74) is 1.49. The van der Waals surface area contributed by atoms with E-state index in [-0.39, 0.29) is 11.8 Å². The zero-order valence-corrected chi connectivity index (χ0v) is 14.2. The number of sulfone groups is 1. The second-order valence-electron chi connectivity index (χ2n) is 5.73. The van der Waals surface area contributed by atoms with Gasteiger partial charge >= 0.3 is 0 Å². The lowest BCUT2D eigenvalue weighted by atomic mass is 10.2. The molecule has 124 valence electrons. The minimum absolute atomic E-state index is 0.0893. The van der Waals surface area contributed by atoms with Crippen molar-refractivity contribution in [3.05, 3.63) is 48.3 Å². The smallest absolute Gasteiger partial charge is 0.238 e. The van der Waals surface area contributed by atoms with Crippen molar-refractivity contribution in [2.75, 3.05) is 0 Å². The molecule has 1 N–H and O–H groups in total. The highest BCUT2D eigenvalue weighted by atomic mass is 32.2. The van der Waals surface area contributed by atoms with E-state index in [1.807, 2.05) is 12.3 Å². The number of hydrogen-bond acceptors (Lipinski definition) is 4. The highest BCUT2D eigenvalue weighted by molar-refractivity contribution is 7.92. The Morgan fingerprint density at radius 1 is 1.22 bits per heavy atom. The van der Waals surface area contributed by atoms with Crippen LogP contribution in [-0.4, -0.2) is 35.4 Å². The monoisotopic (exact) mass is 335 g/mol. The molecule has 0 bridgehead atoms. The van der Waals surface area contributed by atoms with Gasteiger partial charge in [-0.15, -0.1) is 0 Å². The Hall–Kier alpha value is -2.15. The van der Waals surface area contributed by atoms with Crippen LogP contribution in [0.3, 0.4) is 0 Å². The Morgan fingerprint density at radius 2 is 1.87 bits per heavy atom. The normalized spacial score (nSPS) is 13.0. The summed E-state index contributed by atoms with van der Waals surface area (Å²) >= 11 is 0. The number of nitrogens with zero attached hydrogens (tertiary/aromatic N) is 2. The molecular formula is C16H21N3O3S. The highest BCUT2D eigenvalue weighted by Crippen LogP contribution is 2.14. The summed E-state index contributed by atoms with van der Waals surface area (Å²) in [6.45, 7) is 5.02. The SMILES string of the molecule is CC(C)NC(=O)[C@H](C)S(=O)(=O)Cc1ccc(-n2cccn2)cc1. The van der Waals surface area contributed by atoms with Crippen molar-refractivity contribution in [1.82, 2.24) is 15.1 Å². The molecule has 1 aromatic heterocycles. The first-order valence-corrected chi connectivity index (χ1v) is 9.12. The van der Waals surface area contributed by atoms with E-state index >= 15 is 0 Å². The Bertz CT molecular complexity index is 750. The molecule has 2 rings (SSSR count). The number of nitrogens with one attached hydrogen (secondary N) is 1. The summed E-state index contributed by atoms with van der Waals surface area (Å²) in [6, 6.07) is 8.80. The van der Waals surface area contributed by atoms with Crippen molar-refractivity contribution in [3.8, 4) is 5.69 Å². The van der Waals surface area contributed by atoms with Gasteiger partial charge in [0.25, 0.3) is 0 Å². The molecule has 0 radical (unpaired) electrons. The van der Waals surface area contributed by atoms with Crippen molar-refractivity contribution in [2.24, 2.45) is 0 Å². The predicted molar refractivity (Wildman–Crippen MR) is 88.9 cm³/mol. The Labute approximate surface area is 136 Å². The Morgan fingerprint density at radius 3 is 2.39 bits per heavy atom. The fourth-order valence-corrected chi connectivity index (χ4v) is 3.39. The molecule has 0 aliphatic carbocycles. The van der Waals surface area contributed by atoms with E-state index < -0.39 is 21.0 Å². The molecule has 1 heterocycles. The number of carbonyl (C=O) groups excluding carboxylic acids is 1. The maximum absolute atomic E-state index is 12.4. The zero-order valence-electron chi connectivity index (χ0n) is 13.4. The minimum Gasteiger partial charge on any atom is -0.353 e. The van der Waals surface area contributed by atoms with Crippen LogP contribution in [0.1, 0.15) is 26.3 Å². The van der Waals surface area contributed by atoms with Gasteiger partial charge < -0.3 is 5.32 Å². The molecule has 1 atom stereocenters. The molecule has 0 spiro atoms. The van der Waals surface area contributed by atoms with Crippen molar-refractivity contribution < 1.29 is 13.2 Å². The van der Waals surface area contributed by atoms with Gasteiger partial charge in [0.15, 0.2) is 9.84 Å². The lowest BCUT2D eigenvalue weighted by molar-refractivity contribution is -0.120. The first-order chi connectivity index (χ1) is 10.8. The molecule has 0 fully saturated rings. The topological polar surface area (TPSA) is 81.1 Å². The standard InChI is InChI=1S/C16H21N3O3S/c1-12(2)18-16(20)13(3)23(21,22)11-14-5-7-15(8-6-14)19-10-4-9-17-19/h4-10,12-13H,11H2,1-3H3,(H,18,20)/t13-/m0/s1. The molecule has 1 amide bonds. The molecule has 0 saturated heterocycles. The third kappa shape index (κ3) is 4.41. The van der Waals surface area contributed by atoms with E-state index in [4.69, 9.17) is 0 Å². The number of rotatable bonds is 6. The van der Waals surface area contributed by atoms with Crippen LogP contribution in [0, 0.1) is 0 Å². The van der Waals surface area contributed by atoms with Crippen molar-refractivity contribution in [3.63, 3.8) is 0 Å². The van der Waals surface area contributed by atoms with Gasteiger partial charge in [-0.05, 0) is 44.5 Å². The average molecular weight is 335 g/mol. The lowest BCUT2D eigenvalue weighted by Crippen LogP contribution is -2.41. The highest BCUT2D eigenvalue weighted by Gasteiger charge is 2.28. The second kappa shape index (κ2) is 6.95. The second-order valence-corrected chi connectivity index (χ2v) is 8.05. The first kappa shape index (κ1) is 17.2. The van der Waals surface area contributed by atoms with Gasteiger partial charge in [0.05, 0.1) is 11.4 Å². The summed E-state index contributed by atoms with van der Waals surface area (Å²) in [5, 5.41) is 5.67. The predicted octanol–water partition coefficient (Wildman–Crippen LogP) is 1.70. The maximum Gasteiger partial charge on any atom is 0.238 e. The van der Waals surface area contributed by atoms with E-state index in [9.17, 15) is 13.2 Å². The molecular weight excluding hydrogens is 314 g/mol. The van der Waals surface area contributed by atoms with Crippen LogP contribution in [-0.2, 0) is 20.4 Å². The molecule has 0 unspecified atom stereocenters. The van der Waals surface area contributed by atoms with Crippen LogP contribution in [0.5, 0.6) is 0 Å². The van der Waals surface area contributed by atoms with Crippen molar-refractivity contribution in [1.29, 1.82) is 0 Å². The quantitative estimate of drug-likeness (QED) is 0.871. The van der Waals surface area contributed by atoms with E-state index in [0.29, 0.717) is 5.56 Å². The fourth-order valence-electron chi connectivity index (χ4n) is 2.09. The summed E-state index contributed by atoms with van der Waals surface area (Å²) in [6.07, 6.45) is 3.48. The Balaban J connectivity index is 2.10. The number of aromatic nitrogens is 2. The number of benzene rings is 1. The molecule has 2 aromatic rings. The van der Waals surface area contributed by atoms with Crippen LogP contribution < -0.4 is 5.32 Å². The lowest BCUT2D eigenvalue weighted by Gasteiger charge is -2.15. The van der Waals surface area contributed by atoms with Crippen LogP contribution in [0.2, 0.25) is 0 Å². The van der Waals surface area contributed by atoms with E-state index in [2.05, 4.69) is 10.4 Å². The van der Waals surface area contributed by atoms with Crippen LogP contribution in [0.15, 0.2) is 42.7 Å². The molecule has 0 aliphatic heterocycles. The van der Waals surface area contributed by atoms with Gasteiger partial charge in [-0.2, -0.15) is 5.10 Å². The summed E-state index contributed by atoms with van der Waals surface area (Å²) in [4.78, 5) is 11.9. The van der Waals surface area contributed by atoms with Gasteiger partial charge in [0.1, 0.15) is 5.25 Å². The first-order valence-electron chi connectivity index (χ1n) is 7.40. The third-order valence-electron chi connectivity index (χ3n) is 3.41. The number of carbonyl (C=O) groups is 1. The van der Waals surface area contributed by atoms with Crippen LogP contribution in [0.4, 0.5) is 0 Å². The van der Waals surface area contributed by atoms with Gasteiger partial charge in [-0.3, -0.25) is 4.79 Å². The summed E-state index contributed by atoms with van der Waals surface area (Å²) < 4.78 is 26.4. The largest absolute Gasteiger partial charge is 0.353 e. The van der Waals surface area contributed by atoms with Gasteiger partial charge in [0.2, 0.25) is 5.91 Å². The van der Waals surface area contributed by atoms with Gasteiger partial charge in [-0.25, -0.2) is 13.1 Å². The summed E-state index contributed by atoms with van der Waals surface area (Å²) in [5.74, 6) is -0.632. The average Bonchev–Trinajstić information content (AvgIpc) is 3.00.